The van der Waals surface area contributed by atoms with Crippen LogP contribution in [-0.2, 0) is 17.8 Å². The molecule has 1 amide bonds. The Morgan fingerprint density at radius 3 is 2.68 bits per heavy atom. The van der Waals surface area contributed by atoms with Crippen LogP contribution >= 0.6 is 0 Å². The zero-order valence-corrected chi connectivity index (χ0v) is 16.8. The number of amides is 1. The van der Waals surface area contributed by atoms with Gasteiger partial charge in [-0.1, -0.05) is 17.3 Å². The van der Waals surface area contributed by atoms with Crippen molar-refractivity contribution in [2.45, 2.75) is 19.9 Å². The van der Waals surface area contributed by atoms with Crippen molar-refractivity contribution in [1.82, 2.24) is 25.2 Å². The monoisotopic (exact) mass is 419 g/mol. The van der Waals surface area contributed by atoms with Crippen LogP contribution < -0.4 is 5.32 Å². The summed E-state index contributed by atoms with van der Waals surface area (Å²) in [6.07, 6.45) is 7.59. The Bertz CT molecular complexity index is 1110. The third kappa shape index (κ3) is 5.86. The molecule has 0 saturated carbocycles. The number of carboxylic acid groups (broad SMARTS) is 1. The molecule has 0 aliphatic heterocycles. The van der Waals surface area contributed by atoms with E-state index in [2.05, 4.69) is 32.7 Å². The van der Waals surface area contributed by atoms with E-state index in [4.69, 9.17) is 14.4 Å². The second kappa shape index (κ2) is 10.5. The maximum atomic E-state index is 12.4. The van der Waals surface area contributed by atoms with Crippen LogP contribution in [-0.4, -0.2) is 37.4 Å². The number of rotatable bonds is 6. The Kier molecular flexibility index (Phi) is 7.26. The minimum Gasteiger partial charge on any atom is -0.483 e. The summed E-state index contributed by atoms with van der Waals surface area (Å²) in [5.74, 6) is -0.238. The summed E-state index contributed by atoms with van der Waals surface area (Å²) in [6, 6.07) is 13.6. The fourth-order valence-corrected chi connectivity index (χ4v) is 2.88. The first-order valence-corrected chi connectivity index (χ1v) is 9.40. The lowest BCUT2D eigenvalue weighted by atomic mass is 10.0. The van der Waals surface area contributed by atoms with Gasteiger partial charge in [0, 0.05) is 24.7 Å². The van der Waals surface area contributed by atoms with Gasteiger partial charge in [0.1, 0.15) is 17.7 Å². The number of carbonyl (C=O) groups is 2. The third-order valence-electron chi connectivity index (χ3n) is 4.47. The quantitative estimate of drug-likeness (QED) is 0.461. The van der Waals surface area contributed by atoms with E-state index in [0.717, 1.165) is 28.8 Å². The molecular formula is C22H21N5O4. The second-order valence-electron chi connectivity index (χ2n) is 6.57. The standard InChI is InChI=1S/C21H19N5O2.CH2O2/c1-15-13-22-20(21(27)23-14-18-7-10-28-25-18)12-17(15)11-16-3-5-19(6-4-16)26-9-2-8-24-26;2-1-3/h2-10,12-13H,11,14H2,1H3,(H,23,27);1H,(H,2,3). The van der Waals surface area contributed by atoms with E-state index in [-0.39, 0.29) is 12.4 Å². The molecular weight excluding hydrogens is 398 g/mol. The predicted octanol–water partition coefficient (Wildman–Crippen LogP) is 2.79. The van der Waals surface area contributed by atoms with Crippen LogP contribution in [0.3, 0.4) is 0 Å². The van der Waals surface area contributed by atoms with Gasteiger partial charge >= 0.3 is 0 Å². The number of benzene rings is 1. The molecule has 0 spiro atoms. The Balaban J connectivity index is 0.000000858. The lowest BCUT2D eigenvalue weighted by Crippen LogP contribution is -2.24. The van der Waals surface area contributed by atoms with Crippen LogP contribution in [0.4, 0.5) is 0 Å². The summed E-state index contributed by atoms with van der Waals surface area (Å²) < 4.78 is 6.58. The smallest absolute Gasteiger partial charge is 0.290 e. The van der Waals surface area contributed by atoms with Crippen molar-refractivity contribution in [3.05, 3.63) is 95.4 Å². The van der Waals surface area contributed by atoms with Gasteiger partial charge in [-0.2, -0.15) is 5.10 Å². The first-order valence-electron chi connectivity index (χ1n) is 9.40. The average molecular weight is 419 g/mol. The predicted molar refractivity (Wildman–Crippen MR) is 112 cm³/mol. The van der Waals surface area contributed by atoms with E-state index in [1.165, 1.54) is 6.26 Å². The average Bonchev–Trinajstić information content (AvgIpc) is 3.49. The Morgan fingerprint density at radius 2 is 2.03 bits per heavy atom. The van der Waals surface area contributed by atoms with Crippen molar-refractivity contribution >= 4 is 12.4 Å². The highest BCUT2D eigenvalue weighted by Crippen LogP contribution is 2.16. The highest BCUT2D eigenvalue weighted by molar-refractivity contribution is 5.92. The number of hydrogen-bond donors (Lipinski definition) is 2. The summed E-state index contributed by atoms with van der Waals surface area (Å²) in [7, 11) is 0. The molecule has 4 aromatic rings. The summed E-state index contributed by atoms with van der Waals surface area (Å²) >= 11 is 0. The van der Waals surface area contributed by atoms with Crippen LogP contribution in [0, 0.1) is 6.92 Å². The molecule has 4 rings (SSSR count). The van der Waals surface area contributed by atoms with Crippen LogP contribution in [0.5, 0.6) is 0 Å². The maximum absolute atomic E-state index is 12.4. The van der Waals surface area contributed by atoms with Gasteiger partial charge in [0.15, 0.2) is 0 Å². The molecule has 9 heteroatoms. The molecule has 1 aromatic carbocycles. The van der Waals surface area contributed by atoms with E-state index in [9.17, 15) is 4.79 Å². The van der Waals surface area contributed by atoms with Crippen LogP contribution in [0.2, 0.25) is 0 Å². The molecule has 0 fully saturated rings. The van der Waals surface area contributed by atoms with Gasteiger partial charge in [0.05, 0.1) is 12.2 Å². The third-order valence-corrected chi connectivity index (χ3v) is 4.47. The molecule has 0 unspecified atom stereocenters. The number of nitrogens with zero attached hydrogens (tertiary/aromatic N) is 4. The molecule has 31 heavy (non-hydrogen) atoms. The van der Waals surface area contributed by atoms with E-state index in [0.29, 0.717) is 17.9 Å². The largest absolute Gasteiger partial charge is 0.483 e. The Morgan fingerprint density at radius 1 is 1.26 bits per heavy atom. The summed E-state index contributed by atoms with van der Waals surface area (Å²) in [6.45, 7) is 2.05. The minimum absolute atomic E-state index is 0.238. The van der Waals surface area contributed by atoms with Gasteiger partial charge in [-0.05, 0) is 54.3 Å². The molecule has 0 bridgehead atoms. The van der Waals surface area contributed by atoms with Crippen LogP contribution in [0.25, 0.3) is 5.69 Å². The normalized spacial score (nSPS) is 10.1. The van der Waals surface area contributed by atoms with Gasteiger partial charge < -0.3 is 14.9 Å². The van der Waals surface area contributed by atoms with E-state index < -0.39 is 0 Å². The first kappa shape index (κ1) is 21.4. The summed E-state index contributed by atoms with van der Waals surface area (Å²) in [5.41, 5.74) is 5.32. The fraction of sp³-hybridized carbons (Fsp3) is 0.136. The number of carbonyl (C=O) groups excluding carboxylic acids is 1. The Hall–Kier alpha value is -4.27. The molecule has 0 radical (unpaired) electrons. The van der Waals surface area contributed by atoms with E-state index in [1.54, 1.807) is 18.5 Å². The lowest BCUT2D eigenvalue weighted by Gasteiger charge is -2.09. The van der Waals surface area contributed by atoms with Crippen LogP contribution in [0.15, 0.2) is 71.8 Å². The van der Waals surface area contributed by atoms with Crippen LogP contribution in [0.1, 0.15) is 32.9 Å². The molecule has 158 valence electrons. The molecule has 9 nitrogen and oxygen atoms in total. The van der Waals surface area contributed by atoms with Gasteiger partial charge in [0.25, 0.3) is 12.4 Å². The summed E-state index contributed by atoms with van der Waals surface area (Å²) in [5, 5.41) is 17.7. The van der Waals surface area contributed by atoms with Gasteiger partial charge in [-0.25, -0.2) is 4.68 Å². The minimum atomic E-state index is -0.250. The number of hydrogen-bond acceptors (Lipinski definition) is 6. The lowest BCUT2D eigenvalue weighted by molar-refractivity contribution is -0.122. The van der Waals surface area contributed by atoms with Gasteiger partial charge in [0.2, 0.25) is 0 Å². The molecule has 2 N–H and O–H groups in total. The van der Waals surface area contributed by atoms with Gasteiger partial charge in [-0.3, -0.25) is 14.6 Å². The van der Waals surface area contributed by atoms with Crippen molar-refractivity contribution in [1.29, 1.82) is 0 Å². The van der Waals surface area contributed by atoms with Crippen molar-refractivity contribution in [3.8, 4) is 5.69 Å². The SMILES string of the molecule is Cc1cnc(C(=O)NCc2ccon2)cc1Cc1ccc(-n2cccn2)cc1.O=CO. The number of nitrogens with one attached hydrogen (secondary N) is 1. The highest BCUT2D eigenvalue weighted by Gasteiger charge is 2.11. The maximum Gasteiger partial charge on any atom is 0.290 e. The molecule has 0 aliphatic rings. The fourth-order valence-electron chi connectivity index (χ4n) is 2.88. The number of aryl methyl sites for hydroxylation is 1. The van der Waals surface area contributed by atoms with E-state index in [1.807, 2.05) is 42.1 Å². The zero-order chi connectivity index (χ0) is 22.1. The van der Waals surface area contributed by atoms with E-state index >= 15 is 0 Å². The Labute approximate surface area is 178 Å². The zero-order valence-electron chi connectivity index (χ0n) is 16.8. The molecule has 3 heterocycles. The number of aromatic nitrogens is 4. The topological polar surface area (TPSA) is 123 Å². The molecule has 0 atom stereocenters. The van der Waals surface area contributed by atoms with Crippen molar-refractivity contribution in [2.75, 3.05) is 0 Å². The molecule has 0 saturated heterocycles. The van der Waals surface area contributed by atoms with Crippen molar-refractivity contribution in [3.63, 3.8) is 0 Å². The summed E-state index contributed by atoms with van der Waals surface area (Å²) in [4.78, 5) is 25.0. The molecule has 3 aromatic heterocycles. The van der Waals surface area contributed by atoms with Crippen molar-refractivity contribution in [2.24, 2.45) is 0 Å². The highest BCUT2D eigenvalue weighted by atomic mass is 16.5. The van der Waals surface area contributed by atoms with Gasteiger partial charge in [-0.15, -0.1) is 0 Å². The second-order valence-corrected chi connectivity index (χ2v) is 6.57. The molecule has 0 aliphatic carbocycles. The van der Waals surface area contributed by atoms with Crippen molar-refractivity contribution < 1.29 is 19.2 Å². The first-order chi connectivity index (χ1) is 15.1. The number of pyridine rings is 1.